The lowest BCUT2D eigenvalue weighted by molar-refractivity contribution is -0.145. The van der Waals surface area contributed by atoms with Crippen LogP contribution in [-0.2, 0) is 16.0 Å². The van der Waals surface area contributed by atoms with Gasteiger partial charge in [0.05, 0.1) is 11.9 Å². The van der Waals surface area contributed by atoms with Crippen molar-refractivity contribution in [3.8, 4) is 5.75 Å². The van der Waals surface area contributed by atoms with Crippen molar-refractivity contribution in [1.29, 1.82) is 0 Å². The quantitative estimate of drug-likeness (QED) is 0.532. The molecule has 0 radical (unpaired) electrons. The Morgan fingerprint density at radius 1 is 1.16 bits per heavy atom. The number of benzene rings is 2. The van der Waals surface area contributed by atoms with E-state index in [1.54, 1.807) is 0 Å². The van der Waals surface area contributed by atoms with Crippen LogP contribution in [0.2, 0.25) is 5.02 Å². The molecule has 2 aromatic carbocycles. The highest BCUT2D eigenvalue weighted by molar-refractivity contribution is 6.30. The minimum atomic E-state index is -1.60. The van der Waals surface area contributed by atoms with Crippen LogP contribution in [0.25, 0.3) is 10.9 Å². The van der Waals surface area contributed by atoms with E-state index >= 15 is 0 Å². The van der Waals surface area contributed by atoms with Gasteiger partial charge in [0.1, 0.15) is 5.54 Å². The molecule has 0 aliphatic rings. The number of nitrogens with one attached hydrogen (secondary N) is 1. The van der Waals surface area contributed by atoms with Gasteiger partial charge in [-0.3, -0.25) is 14.2 Å². The number of phenolic OH excluding ortho intramolecular Hbond substituents is 1. The highest BCUT2D eigenvalue weighted by Gasteiger charge is 2.31. The molecule has 0 bridgehead atoms. The van der Waals surface area contributed by atoms with Crippen LogP contribution in [0, 0.1) is 18.6 Å². The van der Waals surface area contributed by atoms with Gasteiger partial charge in [0, 0.05) is 27.7 Å². The van der Waals surface area contributed by atoms with E-state index in [1.807, 2.05) is 0 Å². The highest BCUT2D eigenvalue weighted by Crippen LogP contribution is 2.35. The molecule has 0 spiro atoms. The molecule has 168 valence electrons. The monoisotopic (exact) mass is 464 g/mol. The average Bonchev–Trinajstić information content (AvgIpc) is 2.97. The van der Waals surface area contributed by atoms with Crippen molar-refractivity contribution in [2.24, 2.45) is 0 Å². The number of nitrogens with zero attached hydrogens (tertiary/aromatic N) is 1. The Kier molecular flexibility index (Phi) is 5.97. The number of fused-ring (bicyclic) bond motifs is 1. The standard InChI is InChI=1S/C22H19ClF2N2O5/c1-10-13(8-16(28)26-22(2,3)21(31)32)17-15(9-14(24)19(29)18(17)25)27(10)20(30)11-4-6-12(23)7-5-11/h4-7,9,29H,8H2,1-3H3,(H,26,28)(H,31,32). The second-order valence-electron chi connectivity index (χ2n) is 7.78. The molecule has 0 aliphatic carbocycles. The van der Waals surface area contributed by atoms with Crippen molar-refractivity contribution in [1.82, 2.24) is 9.88 Å². The zero-order valence-electron chi connectivity index (χ0n) is 17.3. The predicted octanol–water partition coefficient (Wildman–Crippen LogP) is 3.80. The molecule has 7 nitrogen and oxygen atoms in total. The molecule has 1 aromatic heterocycles. The Bertz CT molecular complexity index is 1270. The molecular formula is C22H19ClF2N2O5. The summed E-state index contributed by atoms with van der Waals surface area (Å²) >= 11 is 5.85. The summed E-state index contributed by atoms with van der Waals surface area (Å²) < 4.78 is 30.1. The molecule has 3 N–H and O–H groups in total. The van der Waals surface area contributed by atoms with E-state index in [0.717, 1.165) is 10.6 Å². The summed E-state index contributed by atoms with van der Waals surface area (Å²) in [7, 11) is 0. The largest absolute Gasteiger partial charge is 0.503 e. The number of hydrogen-bond acceptors (Lipinski definition) is 4. The topological polar surface area (TPSA) is 109 Å². The minimum absolute atomic E-state index is 0.00815. The molecule has 3 aromatic rings. The van der Waals surface area contributed by atoms with Crippen LogP contribution < -0.4 is 5.32 Å². The third-order valence-corrected chi connectivity index (χ3v) is 5.36. The molecule has 0 saturated heterocycles. The number of carboxylic acids is 1. The molecule has 32 heavy (non-hydrogen) atoms. The summed E-state index contributed by atoms with van der Waals surface area (Å²) in [5.41, 5.74) is -1.47. The minimum Gasteiger partial charge on any atom is -0.503 e. The summed E-state index contributed by atoms with van der Waals surface area (Å²) in [6, 6.07) is 6.63. The van der Waals surface area contributed by atoms with Gasteiger partial charge in [-0.05, 0) is 50.6 Å². The molecule has 0 unspecified atom stereocenters. The molecule has 1 heterocycles. The van der Waals surface area contributed by atoms with E-state index in [1.165, 1.54) is 45.0 Å². The van der Waals surface area contributed by atoms with Crippen molar-refractivity contribution in [3.63, 3.8) is 0 Å². The maximum Gasteiger partial charge on any atom is 0.328 e. The predicted molar refractivity (Wildman–Crippen MR) is 113 cm³/mol. The molecular weight excluding hydrogens is 446 g/mol. The maximum absolute atomic E-state index is 14.9. The zero-order valence-corrected chi connectivity index (χ0v) is 18.1. The van der Waals surface area contributed by atoms with Crippen LogP contribution in [0.3, 0.4) is 0 Å². The molecule has 0 fully saturated rings. The Morgan fingerprint density at radius 2 is 1.75 bits per heavy atom. The Hall–Kier alpha value is -3.46. The van der Waals surface area contributed by atoms with E-state index in [2.05, 4.69) is 5.32 Å². The molecule has 0 atom stereocenters. The van der Waals surface area contributed by atoms with Gasteiger partial charge in [-0.25, -0.2) is 13.6 Å². The van der Waals surface area contributed by atoms with Crippen molar-refractivity contribution in [2.45, 2.75) is 32.7 Å². The number of carbonyl (C=O) groups excluding carboxylic acids is 2. The van der Waals surface area contributed by atoms with Crippen LogP contribution in [0.15, 0.2) is 30.3 Å². The zero-order chi connectivity index (χ0) is 24.0. The Morgan fingerprint density at radius 3 is 2.31 bits per heavy atom. The van der Waals surface area contributed by atoms with E-state index in [4.69, 9.17) is 11.6 Å². The van der Waals surface area contributed by atoms with Crippen molar-refractivity contribution < 1.29 is 33.4 Å². The lowest BCUT2D eigenvalue weighted by Gasteiger charge is -2.21. The van der Waals surface area contributed by atoms with Gasteiger partial charge in [0.15, 0.2) is 17.4 Å². The number of aliphatic carboxylic acids is 1. The first-order valence-corrected chi connectivity index (χ1v) is 9.78. The third kappa shape index (κ3) is 4.03. The lowest BCUT2D eigenvalue weighted by atomic mass is 10.0. The summed E-state index contributed by atoms with van der Waals surface area (Å²) in [6.45, 7) is 3.98. The van der Waals surface area contributed by atoms with E-state index in [-0.39, 0.29) is 27.7 Å². The van der Waals surface area contributed by atoms with Gasteiger partial charge < -0.3 is 15.5 Å². The Labute approximate surface area is 186 Å². The number of hydrogen-bond donors (Lipinski definition) is 3. The van der Waals surface area contributed by atoms with E-state index < -0.39 is 47.1 Å². The number of aromatic hydroxyl groups is 1. The number of carbonyl (C=O) groups is 3. The first kappa shape index (κ1) is 23.2. The number of halogens is 3. The van der Waals surface area contributed by atoms with Gasteiger partial charge in [-0.15, -0.1) is 0 Å². The number of phenols is 1. The number of carboxylic acid groups (broad SMARTS) is 1. The normalized spacial score (nSPS) is 11.6. The van der Waals surface area contributed by atoms with Crippen LogP contribution >= 0.6 is 11.6 Å². The molecule has 3 rings (SSSR count). The van der Waals surface area contributed by atoms with E-state index in [9.17, 15) is 33.4 Å². The fourth-order valence-corrected chi connectivity index (χ4v) is 3.49. The number of aromatic nitrogens is 1. The third-order valence-electron chi connectivity index (χ3n) is 5.11. The number of rotatable bonds is 5. The summed E-state index contributed by atoms with van der Waals surface area (Å²) in [5.74, 6) is -6.53. The van der Waals surface area contributed by atoms with Gasteiger partial charge in [-0.2, -0.15) is 0 Å². The van der Waals surface area contributed by atoms with Gasteiger partial charge in [-0.1, -0.05) is 11.6 Å². The van der Waals surface area contributed by atoms with Crippen molar-refractivity contribution in [2.75, 3.05) is 0 Å². The average molecular weight is 465 g/mol. The van der Waals surface area contributed by atoms with Crippen LogP contribution in [0.5, 0.6) is 5.75 Å². The van der Waals surface area contributed by atoms with Crippen LogP contribution in [0.4, 0.5) is 8.78 Å². The fraction of sp³-hybridized carbons (Fsp3) is 0.227. The first-order valence-electron chi connectivity index (χ1n) is 9.40. The lowest BCUT2D eigenvalue weighted by Crippen LogP contribution is -2.50. The van der Waals surface area contributed by atoms with E-state index in [0.29, 0.717) is 5.02 Å². The smallest absolute Gasteiger partial charge is 0.328 e. The summed E-state index contributed by atoms with van der Waals surface area (Å²) in [5, 5.41) is 21.4. The summed E-state index contributed by atoms with van der Waals surface area (Å²) in [6.07, 6.45) is -0.512. The van der Waals surface area contributed by atoms with Crippen molar-refractivity contribution >= 4 is 40.3 Å². The molecule has 0 saturated carbocycles. The van der Waals surface area contributed by atoms with Crippen molar-refractivity contribution in [3.05, 3.63) is 63.8 Å². The summed E-state index contributed by atoms with van der Waals surface area (Å²) in [4.78, 5) is 37.0. The van der Waals surface area contributed by atoms with Gasteiger partial charge in [0.25, 0.3) is 5.91 Å². The Balaban J connectivity index is 2.19. The molecule has 1 amide bonds. The number of amides is 1. The maximum atomic E-state index is 14.9. The second kappa shape index (κ2) is 8.23. The van der Waals surface area contributed by atoms with Crippen LogP contribution in [-0.4, -0.2) is 38.1 Å². The SMILES string of the molecule is Cc1c(CC(=O)NC(C)(C)C(=O)O)c2c(F)c(O)c(F)cc2n1C(=O)c1ccc(Cl)cc1. The van der Waals surface area contributed by atoms with Crippen LogP contribution in [0.1, 0.15) is 35.5 Å². The highest BCUT2D eigenvalue weighted by atomic mass is 35.5. The van der Waals surface area contributed by atoms with Gasteiger partial charge >= 0.3 is 5.97 Å². The first-order chi connectivity index (χ1) is 14.8. The molecule has 0 aliphatic heterocycles. The fourth-order valence-electron chi connectivity index (χ4n) is 3.36. The second-order valence-corrected chi connectivity index (χ2v) is 8.22. The molecule has 10 heteroatoms. The van der Waals surface area contributed by atoms with Gasteiger partial charge in [0.2, 0.25) is 5.91 Å².